The highest BCUT2D eigenvalue weighted by Crippen LogP contribution is 2.26. The lowest BCUT2D eigenvalue weighted by Gasteiger charge is -2.25. The summed E-state index contributed by atoms with van der Waals surface area (Å²) in [5.41, 5.74) is 0. The van der Waals surface area contributed by atoms with Gasteiger partial charge in [0.15, 0.2) is 0 Å². The Balaban J connectivity index is 1.87. The van der Waals surface area contributed by atoms with Crippen molar-refractivity contribution in [2.24, 2.45) is 5.92 Å². The summed E-state index contributed by atoms with van der Waals surface area (Å²) in [5.74, 6) is 2.12. The molecule has 5 nitrogen and oxygen atoms in total. The van der Waals surface area contributed by atoms with Gasteiger partial charge < -0.3 is 15.7 Å². The first-order valence-electron chi connectivity index (χ1n) is 7.37. The highest BCUT2D eigenvalue weighted by Gasteiger charge is 2.19. The smallest absolute Gasteiger partial charge is 0.224 e. The second-order valence-electron chi connectivity index (χ2n) is 5.37. The van der Waals surface area contributed by atoms with Crippen LogP contribution < -0.4 is 10.6 Å². The molecule has 1 saturated carbocycles. The van der Waals surface area contributed by atoms with Crippen LogP contribution >= 0.6 is 15.9 Å². The van der Waals surface area contributed by atoms with Gasteiger partial charge >= 0.3 is 0 Å². The molecular formula is C14H23BrN4O. The second-order valence-corrected chi connectivity index (χ2v) is 6.23. The lowest BCUT2D eigenvalue weighted by atomic mass is 9.87. The number of nitrogens with zero attached hydrogens (tertiary/aromatic N) is 2. The molecule has 0 radical (unpaired) electrons. The minimum absolute atomic E-state index is 0.0955. The third-order valence-corrected chi connectivity index (χ3v) is 4.23. The maximum Gasteiger partial charge on any atom is 0.224 e. The summed E-state index contributed by atoms with van der Waals surface area (Å²) in [7, 11) is 0. The Morgan fingerprint density at radius 3 is 2.75 bits per heavy atom. The molecule has 1 aliphatic rings. The average Bonchev–Trinajstić information content (AvgIpc) is 2.46. The van der Waals surface area contributed by atoms with E-state index >= 15 is 0 Å². The molecule has 1 aliphatic carbocycles. The van der Waals surface area contributed by atoms with Crippen molar-refractivity contribution in [2.75, 3.05) is 23.7 Å². The van der Waals surface area contributed by atoms with E-state index in [1.165, 1.54) is 0 Å². The fraction of sp³-hybridized carbons (Fsp3) is 0.714. The minimum atomic E-state index is -0.0955. The van der Waals surface area contributed by atoms with Gasteiger partial charge in [0.1, 0.15) is 5.82 Å². The molecule has 0 unspecified atom stereocenters. The first-order chi connectivity index (χ1) is 9.69. The second kappa shape index (κ2) is 7.78. The number of halogens is 1. The number of hydrogen-bond acceptors (Lipinski definition) is 5. The Labute approximate surface area is 128 Å². The van der Waals surface area contributed by atoms with Gasteiger partial charge in [-0.05, 0) is 54.0 Å². The molecule has 0 saturated heterocycles. The summed E-state index contributed by atoms with van der Waals surface area (Å²) in [6.45, 7) is 3.89. The maximum absolute atomic E-state index is 9.52. The van der Waals surface area contributed by atoms with E-state index in [0.29, 0.717) is 11.9 Å². The van der Waals surface area contributed by atoms with Crippen LogP contribution in [0.2, 0.25) is 0 Å². The van der Waals surface area contributed by atoms with Gasteiger partial charge in [-0.3, -0.25) is 0 Å². The Morgan fingerprint density at radius 1 is 1.30 bits per heavy atom. The fourth-order valence-electron chi connectivity index (χ4n) is 2.40. The van der Waals surface area contributed by atoms with E-state index in [1.807, 2.05) is 0 Å². The summed E-state index contributed by atoms with van der Waals surface area (Å²) in [6.07, 6.45) is 6.73. The first kappa shape index (κ1) is 15.5. The molecular weight excluding hydrogens is 320 g/mol. The molecule has 20 heavy (non-hydrogen) atoms. The van der Waals surface area contributed by atoms with E-state index in [9.17, 15) is 5.11 Å². The third kappa shape index (κ3) is 4.59. The molecule has 1 aromatic heterocycles. The highest BCUT2D eigenvalue weighted by atomic mass is 79.9. The van der Waals surface area contributed by atoms with E-state index in [4.69, 9.17) is 0 Å². The molecule has 0 spiro atoms. The van der Waals surface area contributed by atoms with Crippen LogP contribution in [0.5, 0.6) is 0 Å². The van der Waals surface area contributed by atoms with Crippen LogP contribution in [-0.4, -0.2) is 34.3 Å². The number of rotatable bonds is 6. The van der Waals surface area contributed by atoms with Crippen molar-refractivity contribution in [3.63, 3.8) is 0 Å². The molecule has 2 rings (SSSR count). The van der Waals surface area contributed by atoms with Crippen molar-refractivity contribution in [3.05, 3.63) is 10.7 Å². The van der Waals surface area contributed by atoms with Gasteiger partial charge in [-0.1, -0.05) is 6.92 Å². The minimum Gasteiger partial charge on any atom is -0.393 e. The van der Waals surface area contributed by atoms with Crippen LogP contribution in [0.3, 0.4) is 0 Å². The number of nitrogens with one attached hydrogen (secondary N) is 2. The SMILES string of the molecule is CCCNc1ncc(Br)c(NCC2CCC(O)CC2)n1. The van der Waals surface area contributed by atoms with Crippen LogP contribution in [-0.2, 0) is 0 Å². The van der Waals surface area contributed by atoms with Crippen LogP contribution in [0.15, 0.2) is 10.7 Å². The predicted octanol–water partition coefficient (Wildman–Crippen LogP) is 3.02. The Bertz CT molecular complexity index is 422. The Morgan fingerprint density at radius 2 is 2.05 bits per heavy atom. The summed E-state index contributed by atoms with van der Waals surface area (Å²) in [6, 6.07) is 0. The van der Waals surface area contributed by atoms with Crippen molar-refractivity contribution in [3.8, 4) is 0 Å². The number of hydrogen-bond donors (Lipinski definition) is 3. The number of aromatic nitrogens is 2. The number of aliphatic hydroxyl groups excluding tert-OH is 1. The van der Waals surface area contributed by atoms with Crippen molar-refractivity contribution >= 4 is 27.7 Å². The van der Waals surface area contributed by atoms with Crippen molar-refractivity contribution in [2.45, 2.75) is 45.1 Å². The van der Waals surface area contributed by atoms with Crippen molar-refractivity contribution in [1.29, 1.82) is 0 Å². The molecule has 0 aliphatic heterocycles. The first-order valence-corrected chi connectivity index (χ1v) is 8.16. The van der Waals surface area contributed by atoms with Crippen LogP contribution in [0, 0.1) is 5.92 Å². The molecule has 0 amide bonds. The molecule has 112 valence electrons. The van der Waals surface area contributed by atoms with Gasteiger partial charge in [0.25, 0.3) is 0 Å². The van der Waals surface area contributed by atoms with Gasteiger partial charge in [0.05, 0.1) is 10.6 Å². The van der Waals surface area contributed by atoms with E-state index in [-0.39, 0.29) is 6.10 Å². The van der Waals surface area contributed by atoms with Gasteiger partial charge in [-0.2, -0.15) is 4.98 Å². The molecule has 1 fully saturated rings. The van der Waals surface area contributed by atoms with Crippen LogP contribution in [0.1, 0.15) is 39.0 Å². The molecule has 6 heteroatoms. The quantitative estimate of drug-likeness (QED) is 0.741. The zero-order chi connectivity index (χ0) is 14.4. The summed E-state index contributed by atoms with van der Waals surface area (Å²) < 4.78 is 0.885. The van der Waals surface area contributed by atoms with Crippen LogP contribution in [0.25, 0.3) is 0 Å². The van der Waals surface area contributed by atoms with Crippen molar-refractivity contribution in [1.82, 2.24) is 9.97 Å². The van der Waals surface area contributed by atoms with Gasteiger partial charge in [-0.25, -0.2) is 4.98 Å². The summed E-state index contributed by atoms with van der Waals surface area (Å²) >= 11 is 3.48. The van der Waals surface area contributed by atoms with E-state index in [0.717, 1.165) is 55.5 Å². The monoisotopic (exact) mass is 342 g/mol. The largest absolute Gasteiger partial charge is 0.393 e. The maximum atomic E-state index is 9.52. The van der Waals surface area contributed by atoms with E-state index in [1.54, 1.807) is 6.20 Å². The fourth-order valence-corrected chi connectivity index (χ4v) is 2.73. The van der Waals surface area contributed by atoms with Gasteiger partial charge in [-0.15, -0.1) is 0 Å². The lowest BCUT2D eigenvalue weighted by Crippen LogP contribution is -2.24. The molecule has 1 aromatic rings. The van der Waals surface area contributed by atoms with E-state index in [2.05, 4.69) is 43.5 Å². The molecule has 3 N–H and O–H groups in total. The Kier molecular flexibility index (Phi) is 6.04. The molecule has 0 aromatic carbocycles. The molecule has 1 heterocycles. The van der Waals surface area contributed by atoms with Crippen molar-refractivity contribution < 1.29 is 5.11 Å². The standard InChI is InChI=1S/C14H23BrN4O/c1-2-7-16-14-18-9-12(15)13(19-14)17-8-10-3-5-11(20)6-4-10/h9-11,20H,2-8H2,1H3,(H2,16,17,18,19). The Hall–Kier alpha value is -0.880. The van der Waals surface area contributed by atoms with Crippen LogP contribution in [0.4, 0.5) is 11.8 Å². The average molecular weight is 343 g/mol. The third-order valence-electron chi connectivity index (χ3n) is 3.65. The molecule has 0 bridgehead atoms. The number of aliphatic hydroxyl groups is 1. The summed E-state index contributed by atoms with van der Waals surface area (Å²) in [5, 5.41) is 16.1. The lowest BCUT2D eigenvalue weighted by molar-refractivity contribution is 0.111. The zero-order valence-electron chi connectivity index (χ0n) is 11.9. The highest BCUT2D eigenvalue weighted by molar-refractivity contribution is 9.10. The summed E-state index contributed by atoms with van der Waals surface area (Å²) in [4.78, 5) is 8.72. The topological polar surface area (TPSA) is 70.1 Å². The van der Waals surface area contributed by atoms with Gasteiger partial charge in [0, 0.05) is 19.3 Å². The predicted molar refractivity (Wildman–Crippen MR) is 85.0 cm³/mol. The number of anilines is 2. The van der Waals surface area contributed by atoms with Gasteiger partial charge in [0.2, 0.25) is 5.95 Å². The molecule has 0 atom stereocenters. The zero-order valence-corrected chi connectivity index (χ0v) is 13.5. The van der Waals surface area contributed by atoms with E-state index < -0.39 is 0 Å². The normalized spacial score (nSPS) is 22.6.